The van der Waals surface area contributed by atoms with E-state index in [4.69, 9.17) is 4.74 Å². The lowest BCUT2D eigenvalue weighted by atomic mass is 9.98. The molecule has 1 N–H and O–H groups in total. The van der Waals surface area contributed by atoms with Crippen LogP contribution in [-0.4, -0.2) is 46.6 Å². The summed E-state index contributed by atoms with van der Waals surface area (Å²) in [6.07, 6.45) is 1.29. The van der Waals surface area contributed by atoms with Crippen LogP contribution in [0.5, 0.6) is 5.75 Å². The van der Waals surface area contributed by atoms with Gasteiger partial charge in [-0.25, -0.2) is 13.2 Å². The third-order valence-electron chi connectivity index (χ3n) is 5.19. The first-order valence-corrected chi connectivity index (χ1v) is 11.0. The van der Waals surface area contributed by atoms with Gasteiger partial charge in [0.05, 0.1) is 5.69 Å². The van der Waals surface area contributed by atoms with E-state index in [1.807, 2.05) is 0 Å². The van der Waals surface area contributed by atoms with Crippen molar-refractivity contribution in [3.8, 4) is 5.75 Å². The number of hydrogen-bond donors (Lipinski definition) is 1. The molecule has 3 aromatic rings. The predicted molar refractivity (Wildman–Crippen MR) is 115 cm³/mol. The van der Waals surface area contributed by atoms with Gasteiger partial charge in [-0.15, -0.1) is 10.2 Å². The molecule has 7 nitrogen and oxygen atoms in total. The zero-order chi connectivity index (χ0) is 23.4. The monoisotopic (exact) mass is 476 g/mol. The van der Waals surface area contributed by atoms with Crippen LogP contribution in [0.1, 0.15) is 33.6 Å². The van der Waals surface area contributed by atoms with E-state index < -0.39 is 17.5 Å². The number of carbonyl (C=O) groups is 2. The van der Waals surface area contributed by atoms with Gasteiger partial charge in [-0.05, 0) is 49.2 Å². The molecule has 2 aromatic carbocycles. The first kappa shape index (κ1) is 22.7. The van der Waals surface area contributed by atoms with Gasteiger partial charge in [-0.3, -0.25) is 9.59 Å². The van der Waals surface area contributed by atoms with Gasteiger partial charge in [0.25, 0.3) is 11.8 Å². The highest BCUT2D eigenvalue weighted by Gasteiger charge is 2.27. The lowest BCUT2D eigenvalue weighted by Gasteiger charge is -2.30. The van der Waals surface area contributed by atoms with Gasteiger partial charge < -0.3 is 15.0 Å². The second-order valence-corrected chi connectivity index (χ2v) is 8.43. The highest BCUT2D eigenvalue weighted by Crippen LogP contribution is 2.30. The average Bonchev–Trinajstić information content (AvgIpc) is 3.31. The molecule has 1 aliphatic heterocycles. The Labute approximate surface area is 191 Å². The van der Waals surface area contributed by atoms with Gasteiger partial charge in [0, 0.05) is 25.1 Å². The van der Waals surface area contributed by atoms with Crippen LogP contribution < -0.4 is 10.1 Å². The second-order valence-electron chi connectivity index (χ2n) is 7.42. The number of amides is 2. The summed E-state index contributed by atoms with van der Waals surface area (Å²) >= 11 is 1.10. The fourth-order valence-electron chi connectivity index (χ4n) is 3.40. The van der Waals surface area contributed by atoms with E-state index in [1.165, 1.54) is 24.3 Å². The number of halogens is 3. The molecule has 0 aliphatic carbocycles. The van der Waals surface area contributed by atoms with Crippen LogP contribution in [0.4, 0.5) is 18.9 Å². The molecule has 1 aliphatic rings. The molecule has 0 saturated carbocycles. The minimum atomic E-state index is -0.881. The molecule has 0 radical (unpaired) electrons. The molecule has 2 amide bonds. The van der Waals surface area contributed by atoms with E-state index in [1.54, 1.807) is 4.90 Å². The normalized spacial score (nSPS) is 14.2. The third-order valence-corrected chi connectivity index (χ3v) is 6.27. The SMILES string of the molecule is O=C(Nc1ccc(F)cc1F)c1nnc(C2CCN(C(=O)COc3ccc(F)cc3)CC2)s1. The summed E-state index contributed by atoms with van der Waals surface area (Å²) in [4.78, 5) is 26.4. The lowest BCUT2D eigenvalue weighted by molar-refractivity contribution is -0.134. The van der Waals surface area contributed by atoms with E-state index in [0.717, 1.165) is 23.5 Å². The molecule has 1 saturated heterocycles. The van der Waals surface area contributed by atoms with Gasteiger partial charge in [-0.1, -0.05) is 11.3 Å². The number of ether oxygens (including phenoxy) is 1. The number of piperidine rings is 1. The Morgan fingerprint density at radius 2 is 1.73 bits per heavy atom. The number of anilines is 1. The fraction of sp³-hybridized carbons (Fsp3) is 0.273. The van der Waals surface area contributed by atoms with Crippen molar-refractivity contribution in [3.05, 3.63) is 69.9 Å². The lowest BCUT2D eigenvalue weighted by Crippen LogP contribution is -2.40. The van der Waals surface area contributed by atoms with Crippen molar-refractivity contribution in [3.63, 3.8) is 0 Å². The minimum Gasteiger partial charge on any atom is -0.484 e. The smallest absolute Gasteiger partial charge is 0.286 e. The van der Waals surface area contributed by atoms with Crippen molar-refractivity contribution < 1.29 is 27.5 Å². The molecular weight excluding hydrogens is 457 g/mol. The zero-order valence-corrected chi connectivity index (χ0v) is 18.1. The maximum atomic E-state index is 13.7. The third kappa shape index (κ3) is 5.67. The number of nitrogens with one attached hydrogen (secondary N) is 1. The number of rotatable bonds is 6. The Kier molecular flexibility index (Phi) is 6.87. The maximum Gasteiger partial charge on any atom is 0.286 e. The first-order valence-electron chi connectivity index (χ1n) is 10.1. The molecule has 1 fully saturated rings. The van der Waals surface area contributed by atoms with Gasteiger partial charge in [0.15, 0.2) is 6.61 Å². The highest BCUT2D eigenvalue weighted by atomic mass is 32.1. The molecule has 0 spiro atoms. The summed E-state index contributed by atoms with van der Waals surface area (Å²) in [7, 11) is 0. The predicted octanol–water partition coefficient (Wildman–Crippen LogP) is 3.99. The molecule has 33 heavy (non-hydrogen) atoms. The number of carbonyl (C=O) groups excluding carboxylic acids is 2. The summed E-state index contributed by atoms with van der Waals surface area (Å²) < 4.78 is 45.1. The van der Waals surface area contributed by atoms with Gasteiger partial charge in [0.2, 0.25) is 5.01 Å². The topological polar surface area (TPSA) is 84.4 Å². The Morgan fingerprint density at radius 3 is 2.42 bits per heavy atom. The number of nitrogens with zero attached hydrogens (tertiary/aromatic N) is 3. The molecule has 4 rings (SSSR count). The van der Waals surface area contributed by atoms with E-state index in [-0.39, 0.29) is 34.9 Å². The highest BCUT2D eigenvalue weighted by molar-refractivity contribution is 7.13. The number of hydrogen-bond acceptors (Lipinski definition) is 6. The van der Waals surface area contributed by atoms with E-state index in [9.17, 15) is 22.8 Å². The number of aromatic nitrogens is 2. The van der Waals surface area contributed by atoms with Gasteiger partial charge in [0.1, 0.15) is 28.2 Å². The maximum absolute atomic E-state index is 13.7. The summed E-state index contributed by atoms with van der Waals surface area (Å²) in [6.45, 7) is 0.857. The van der Waals surface area contributed by atoms with Gasteiger partial charge >= 0.3 is 0 Å². The average molecular weight is 476 g/mol. The molecule has 172 valence electrons. The largest absolute Gasteiger partial charge is 0.484 e. The minimum absolute atomic E-state index is 0.0358. The fourth-order valence-corrected chi connectivity index (χ4v) is 4.31. The standard InChI is InChI=1S/C22H19F3N4O3S/c23-14-1-4-16(5-2-14)32-12-19(30)29-9-7-13(8-10-29)21-27-28-22(33-21)20(31)26-18-6-3-15(24)11-17(18)25/h1-6,11,13H,7-10,12H2,(H,26,31). The quantitative estimate of drug-likeness (QED) is 0.582. The first-order chi connectivity index (χ1) is 15.9. The van der Waals surface area contributed by atoms with Crippen molar-refractivity contribution >= 4 is 28.8 Å². The van der Waals surface area contributed by atoms with Crippen LogP contribution in [0, 0.1) is 17.5 Å². The van der Waals surface area contributed by atoms with Crippen molar-refractivity contribution in [2.75, 3.05) is 25.0 Å². The van der Waals surface area contributed by atoms with Crippen LogP contribution in [0.15, 0.2) is 42.5 Å². The van der Waals surface area contributed by atoms with Crippen LogP contribution in [-0.2, 0) is 4.79 Å². The van der Waals surface area contributed by atoms with Gasteiger partial charge in [-0.2, -0.15) is 0 Å². The zero-order valence-electron chi connectivity index (χ0n) is 17.3. The van der Waals surface area contributed by atoms with Crippen molar-refractivity contribution in [2.24, 2.45) is 0 Å². The van der Waals surface area contributed by atoms with Crippen LogP contribution in [0.2, 0.25) is 0 Å². The summed E-state index contributed by atoms with van der Waals surface area (Å²) in [5.41, 5.74) is -0.146. The molecule has 0 unspecified atom stereocenters. The Bertz CT molecular complexity index is 1150. The number of benzene rings is 2. The molecule has 0 bridgehead atoms. The van der Waals surface area contributed by atoms with E-state index in [0.29, 0.717) is 42.8 Å². The second kappa shape index (κ2) is 9.99. The molecule has 0 atom stereocenters. The molecule has 2 heterocycles. The van der Waals surface area contributed by atoms with E-state index in [2.05, 4.69) is 15.5 Å². The molecule has 11 heteroatoms. The molecule has 1 aromatic heterocycles. The van der Waals surface area contributed by atoms with Crippen LogP contribution >= 0.6 is 11.3 Å². The summed E-state index contributed by atoms with van der Waals surface area (Å²) in [6, 6.07) is 8.31. The van der Waals surface area contributed by atoms with E-state index >= 15 is 0 Å². The van der Waals surface area contributed by atoms with Crippen molar-refractivity contribution in [1.29, 1.82) is 0 Å². The summed E-state index contributed by atoms with van der Waals surface area (Å²) in [5, 5.41) is 11.1. The Balaban J connectivity index is 1.28. The van der Waals surface area contributed by atoms with Crippen LogP contribution in [0.25, 0.3) is 0 Å². The summed E-state index contributed by atoms with van der Waals surface area (Å²) in [5.74, 6) is -2.35. The Morgan fingerprint density at radius 1 is 1.03 bits per heavy atom. The number of likely N-dealkylation sites (tertiary alicyclic amines) is 1. The molecular formula is C22H19F3N4O3S. The van der Waals surface area contributed by atoms with Crippen molar-refractivity contribution in [1.82, 2.24) is 15.1 Å². The van der Waals surface area contributed by atoms with Crippen LogP contribution in [0.3, 0.4) is 0 Å². The van der Waals surface area contributed by atoms with Crippen molar-refractivity contribution in [2.45, 2.75) is 18.8 Å². The Hall–Kier alpha value is -3.47.